The van der Waals surface area contributed by atoms with Crippen LogP contribution in [-0.2, 0) is 0 Å². The Morgan fingerprint density at radius 3 is 1.53 bits per heavy atom. The number of nitrogens with one attached hydrogen (secondary N) is 1. The van der Waals surface area contributed by atoms with Crippen molar-refractivity contribution in [3.05, 3.63) is 146 Å². The van der Waals surface area contributed by atoms with Gasteiger partial charge in [0.15, 0.2) is 0 Å². The number of hydrogen-bond donors (Lipinski definition) is 1. The lowest BCUT2D eigenvalue weighted by molar-refractivity contribution is 0.669. The molecule has 0 radical (unpaired) electrons. The molecule has 0 saturated heterocycles. The summed E-state index contributed by atoms with van der Waals surface area (Å²) in [5, 5.41) is 6.96. The summed E-state index contributed by atoms with van der Waals surface area (Å²) in [6.45, 7) is 0. The van der Waals surface area contributed by atoms with Gasteiger partial charge >= 0.3 is 0 Å². The van der Waals surface area contributed by atoms with Crippen LogP contribution in [0.25, 0.3) is 99.1 Å². The van der Waals surface area contributed by atoms with Crippen LogP contribution in [0.15, 0.2) is 154 Å². The van der Waals surface area contributed by atoms with Crippen molar-refractivity contribution in [2.24, 2.45) is 0 Å². The van der Waals surface area contributed by atoms with Crippen molar-refractivity contribution in [2.75, 3.05) is 0 Å². The van der Waals surface area contributed by atoms with Gasteiger partial charge in [-0.3, -0.25) is 0 Å². The van der Waals surface area contributed by atoms with Crippen LogP contribution >= 0.6 is 0 Å². The number of H-pyrrole nitrogens is 1. The molecule has 3 nitrogen and oxygen atoms in total. The van der Waals surface area contributed by atoms with Crippen molar-refractivity contribution < 1.29 is 8.83 Å². The molecular formula is C42H25NO2. The molecule has 0 atom stereocenters. The maximum absolute atomic E-state index is 6.37. The van der Waals surface area contributed by atoms with Crippen molar-refractivity contribution >= 4 is 65.7 Å². The molecule has 3 heterocycles. The zero-order valence-electron chi connectivity index (χ0n) is 24.2. The van der Waals surface area contributed by atoms with Gasteiger partial charge in [-0.05, 0) is 47.0 Å². The van der Waals surface area contributed by atoms with Crippen LogP contribution < -0.4 is 0 Å². The van der Waals surface area contributed by atoms with Gasteiger partial charge in [0.25, 0.3) is 0 Å². The first-order chi connectivity index (χ1) is 22.3. The second-order valence-corrected chi connectivity index (χ2v) is 11.8. The predicted molar refractivity (Wildman–Crippen MR) is 187 cm³/mol. The van der Waals surface area contributed by atoms with E-state index >= 15 is 0 Å². The van der Waals surface area contributed by atoms with E-state index in [1.54, 1.807) is 0 Å². The fourth-order valence-electron chi connectivity index (χ4n) is 7.13. The summed E-state index contributed by atoms with van der Waals surface area (Å²) in [7, 11) is 0. The van der Waals surface area contributed by atoms with E-state index in [1.165, 1.54) is 16.3 Å². The minimum atomic E-state index is 0.912. The smallest absolute Gasteiger partial charge is 0.143 e. The number of para-hydroxylation sites is 5. The first-order valence-corrected chi connectivity index (χ1v) is 15.3. The Kier molecular flexibility index (Phi) is 5.00. The number of furan rings is 2. The molecular weight excluding hydrogens is 550 g/mol. The van der Waals surface area contributed by atoms with Crippen molar-refractivity contribution in [3.8, 4) is 33.4 Å². The Morgan fingerprint density at radius 2 is 0.867 bits per heavy atom. The maximum Gasteiger partial charge on any atom is 0.143 e. The third kappa shape index (κ3) is 3.58. The highest BCUT2D eigenvalue weighted by Crippen LogP contribution is 2.41. The zero-order chi connectivity index (χ0) is 29.5. The molecule has 0 saturated carbocycles. The molecule has 7 aromatic carbocycles. The van der Waals surface area contributed by atoms with E-state index in [-0.39, 0.29) is 0 Å². The largest absolute Gasteiger partial charge is 0.455 e. The van der Waals surface area contributed by atoms with Crippen molar-refractivity contribution in [1.29, 1.82) is 0 Å². The number of rotatable bonds is 3. The van der Waals surface area contributed by atoms with E-state index in [0.717, 1.165) is 82.7 Å². The van der Waals surface area contributed by atoms with Gasteiger partial charge in [-0.25, -0.2) is 0 Å². The minimum Gasteiger partial charge on any atom is -0.455 e. The highest BCUT2D eigenvalue weighted by Gasteiger charge is 2.16. The Labute approximate surface area is 257 Å². The standard InChI is InChI=1S/C42H25NO2/c1-3-19-38-31(11-1)34-17-7-14-29(41(34)44-38)26-10-5-9-25(23-26)28-13-6-16-33-36-24-27(21-22-37(36)43-40(28)33)30-15-8-18-35-32-12-2-4-20-39(32)45-42(30)35/h1-24,43H. The van der Waals surface area contributed by atoms with Crippen LogP contribution in [0.3, 0.4) is 0 Å². The monoisotopic (exact) mass is 575 g/mol. The van der Waals surface area contributed by atoms with Crippen LogP contribution in [0.1, 0.15) is 0 Å². The summed E-state index contributed by atoms with van der Waals surface area (Å²) in [5.41, 5.74) is 12.7. The molecule has 45 heavy (non-hydrogen) atoms. The molecule has 10 aromatic rings. The lowest BCUT2D eigenvalue weighted by Gasteiger charge is -2.08. The summed E-state index contributed by atoms with van der Waals surface area (Å²) in [5.74, 6) is 0. The van der Waals surface area contributed by atoms with Gasteiger partial charge in [-0.2, -0.15) is 0 Å². The summed E-state index contributed by atoms with van der Waals surface area (Å²) in [4.78, 5) is 3.75. The summed E-state index contributed by atoms with van der Waals surface area (Å²) >= 11 is 0. The molecule has 0 aliphatic rings. The SMILES string of the molecule is c1cc(-c2cccc3c2[nH]c2ccc(-c4cccc5c4oc4ccccc45)cc23)cc(-c2cccc3c2oc2ccccc23)c1. The first kappa shape index (κ1) is 24.4. The highest BCUT2D eigenvalue weighted by atomic mass is 16.3. The van der Waals surface area contributed by atoms with Gasteiger partial charge in [0, 0.05) is 54.5 Å². The maximum atomic E-state index is 6.37. The third-order valence-corrected chi connectivity index (χ3v) is 9.24. The van der Waals surface area contributed by atoms with Gasteiger partial charge in [0.1, 0.15) is 22.3 Å². The summed E-state index contributed by atoms with van der Waals surface area (Å²) < 4.78 is 12.7. The number of hydrogen-bond acceptors (Lipinski definition) is 2. The normalized spacial score (nSPS) is 12.0. The number of fused-ring (bicyclic) bond motifs is 9. The lowest BCUT2D eigenvalue weighted by Crippen LogP contribution is -1.84. The molecule has 0 amide bonds. The van der Waals surface area contributed by atoms with E-state index in [4.69, 9.17) is 8.83 Å². The third-order valence-electron chi connectivity index (χ3n) is 9.24. The molecule has 0 aliphatic carbocycles. The average molecular weight is 576 g/mol. The molecule has 3 heteroatoms. The fourth-order valence-corrected chi connectivity index (χ4v) is 7.13. The van der Waals surface area contributed by atoms with Crippen molar-refractivity contribution in [2.45, 2.75) is 0 Å². The molecule has 1 N–H and O–H groups in total. The minimum absolute atomic E-state index is 0.912. The molecule has 0 fully saturated rings. The predicted octanol–water partition coefficient (Wildman–Crippen LogP) is 12.1. The Hall–Kier alpha value is -6.06. The number of aromatic nitrogens is 1. The van der Waals surface area contributed by atoms with E-state index in [1.807, 2.05) is 24.3 Å². The van der Waals surface area contributed by atoms with Crippen LogP contribution in [0.4, 0.5) is 0 Å². The molecule has 3 aromatic heterocycles. The van der Waals surface area contributed by atoms with E-state index in [9.17, 15) is 0 Å². The van der Waals surface area contributed by atoms with Crippen LogP contribution in [0.5, 0.6) is 0 Å². The lowest BCUT2D eigenvalue weighted by atomic mass is 9.96. The summed E-state index contributed by atoms with van der Waals surface area (Å²) in [6.07, 6.45) is 0. The number of benzene rings is 7. The van der Waals surface area contributed by atoms with Gasteiger partial charge in [-0.1, -0.05) is 115 Å². The van der Waals surface area contributed by atoms with Gasteiger partial charge in [0.2, 0.25) is 0 Å². The van der Waals surface area contributed by atoms with E-state index in [0.29, 0.717) is 0 Å². The van der Waals surface area contributed by atoms with Crippen LogP contribution in [-0.4, -0.2) is 4.98 Å². The molecule has 0 bridgehead atoms. The van der Waals surface area contributed by atoms with E-state index in [2.05, 4.69) is 126 Å². The van der Waals surface area contributed by atoms with Crippen molar-refractivity contribution in [3.63, 3.8) is 0 Å². The quantitative estimate of drug-likeness (QED) is 0.228. The van der Waals surface area contributed by atoms with Crippen LogP contribution in [0, 0.1) is 0 Å². The van der Waals surface area contributed by atoms with E-state index < -0.39 is 0 Å². The van der Waals surface area contributed by atoms with Crippen molar-refractivity contribution in [1.82, 2.24) is 4.98 Å². The second-order valence-electron chi connectivity index (χ2n) is 11.8. The zero-order valence-corrected chi connectivity index (χ0v) is 24.2. The van der Waals surface area contributed by atoms with Gasteiger partial charge < -0.3 is 13.8 Å². The highest BCUT2D eigenvalue weighted by molar-refractivity contribution is 6.15. The van der Waals surface area contributed by atoms with Crippen LogP contribution in [0.2, 0.25) is 0 Å². The Bertz CT molecular complexity index is 2770. The Morgan fingerprint density at radius 1 is 0.356 bits per heavy atom. The topological polar surface area (TPSA) is 42.1 Å². The molecule has 210 valence electrons. The molecule has 0 spiro atoms. The fraction of sp³-hybridized carbons (Fsp3) is 0. The van der Waals surface area contributed by atoms with Gasteiger partial charge in [0.05, 0.1) is 5.52 Å². The Balaban J connectivity index is 1.12. The molecule has 0 aliphatic heterocycles. The molecule has 0 unspecified atom stereocenters. The van der Waals surface area contributed by atoms with Gasteiger partial charge in [-0.15, -0.1) is 0 Å². The molecule has 10 rings (SSSR count). The second kappa shape index (κ2) is 9.22. The first-order valence-electron chi connectivity index (χ1n) is 15.3. The average Bonchev–Trinajstić information content (AvgIpc) is 3.79. The summed E-state index contributed by atoms with van der Waals surface area (Å²) in [6, 6.07) is 51.3. The number of aromatic amines is 1.